The van der Waals surface area contributed by atoms with Gasteiger partial charge in [0.05, 0.1) is 11.1 Å². The van der Waals surface area contributed by atoms with Gasteiger partial charge in [-0.3, -0.25) is 9.36 Å². The van der Waals surface area contributed by atoms with Crippen molar-refractivity contribution in [3.8, 4) is 0 Å². The maximum absolute atomic E-state index is 13.1. The Hall–Kier alpha value is -2.04. The summed E-state index contributed by atoms with van der Waals surface area (Å²) >= 11 is 0. The summed E-state index contributed by atoms with van der Waals surface area (Å²) in [6.45, 7) is 0. The highest BCUT2D eigenvalue weighted by Gasteiger charge is 2.34. The van der Waals surface area contributed by atoms with Crippen molar-refractivity contribution in [1.82, 2.24) is 4.57 Å². The first-order chi connectivity index (χ1) is 9.98. The number of allylic oxidation sites excluding steroid dienone is 2. The third-order valence-electron chi connectivity index (χ3n) is 3.78. The normalized spacial score (nSPS) is 16.0. The summed E-state index contributed by atoms with van der Waals surface area (Å²) in [4.78, 5) is 12.2. The Morgan fingerprint density at radius 2 is 1.86 bits per heavy atom. The molecule has 1 aliphatic rings. The molecule has 0 unspecified atom stereocenters. The van der Waals surface area contributed by atoms with Gasteiger partial charge < -0.3 is 0 Å². The molecule has 0 bridgehead atoms. The molecule has 0 saturated carbocycles. The van der Waals surface area contributed by atoms with Crippen LogP contribution in [0.15, 0.2) is 41.2 Å². The summed E-state index contributed by atoms with van der Waals surface area (Å²) in [5.74, 6) is 0. The number of hydrogen-bond acceptors (Lipinski definition) is 1. The van der Waals surface area contributed by atoms with Gasteiger partial charge in [0.15, 0.2) is 0 Å². The van der Waals surface area contributed by atoms with E-state index in [1.165, 1.54) is 10.6 Å². The van der Waals surface area contributed by atoms with Crippen molar-refractivity contribution in [2.24, 2.45) is 0 Å². The van der Waals surface area contributed by atoms with Gasteiger partial charge in [0, 0.05) is 17.1 Å². The minimum atomic E-state index is -4.53. The second-order valence-corrected chi connectivity index (χ2v) is 5.19. The predicted molar refractivity (Wildman–Crippen MR) is 76.0 cm³/mol. The Kier molecular flexibility index (Phi) is 3.35. The number of benzene rings is 1. The number of halogens is 3. The monoisotopic (exact) mass is 293 g/mol. The molecule has 0 saturated heterocycles. The molecule has 5 heteroatoms. The number of aromatic nitrogens is 1. The topological polar surface area (TPSA) is 22.0 Å². The van der Waals surface area contributed by atoms with E-state index in [0.717, 1.165) is 31.4 Å². The molecule has 0 amide bonds. The van der Waals surface area contributed by atoms with Crippen LogP contribution in [0.3, 0.4) is 0 Å². The summed E-state index contributed by atoms with van der Waals surface area (Å²) in [7, 11) is 0. The van der Waals surface area contributed by atoms with Gasteiger partial charge >= 0.3 is 6.18 Å². The number of para-hydroxylation sites is 1. The molecule has 2 nitrogen and oxygen atoms in total. The van der Waals surface area contributed by atoms with Crippen LogP contribution in [0.5, 0.6) is 0 Å². The van der Waals surface area contributed by atoms with Crippen LogP contribution in [-0.4, -0.2) is 4.57 Å². The van der Waals surface area contributed by atoms with E-state index in [2.05, 4.69) is 0 Å². The molecule has 0 fully saturated rings. The van der Waals surface area contributed by atoms with E-state index in [1.54, 1.807) is 18.2 Å². The molecule has 0 N–H and O–H groups in total. The highest BCUT2D eigenvalue weighted by molar-refractivity contribution is 5.85. The van der Waals surface area contributed by atoms with Crippen LogP contribution in [0.2, 0.25) is 0 Å². The van der Waals surface area contributed by atoms with Gasteiger partial charge in [-0.1, -0.05) is 24.3 Å². The Morgan fingerprint density at radius 1 is 1.10 bits per heavy atom. The Morgan fingerprint density at radius 3 is 2.52 bits per heavy atom. The van der Waals surface area contributed by atoms with E-state index in [-0.39, 0.29) is 5.39 Å². The van der Waals surface area contributed by atoms with E-state index in [1.807, 2.05) is 6.08 Å². The maximum atomic E-state index is 13.1. The first-order valence-electron chi connectivity index (χ1n) is 6.90. The van der Waals surface area contributed by atoms with E-state index < -0.39 is 17.3 Å². The number of hydrogen-bond donors (Lipinski definition) is 0. The van der Waals surface area contributed by atoms with Gasteiger partial charge in [0.1, 0.15) is 0 Å². The van der Waals surface area contributed by atoms with Crippen molar-refractivity contribution in [3.05, 3.63) is 52.3 Å². The fourth-order valence-electron chi connectivity index (χ4n) is 2.84. The number of pyridine rings is 1. The first kappa shape index (κ1) is 13.9. The van der Waals surface area contributed by atoms with Crippen LogP contribution in [0.4, 0.5) is 13.2 Å². The smallest absolute Gasteiger partial charge is 0.281 e. The molecule has 1 aromatic heterocycles. The molecule has 0 radical (unpaired) electrons. The van der Waals surface area contributed by atoms with Crippen LogP contribution in [0.25, 0.3) is 16.6 Å². The highest BCUT2D eigenvalue weighted by Crippen LogP contribution is 2.34. The lowest BCUT2D eigenvalue weighted by Crippen LogP contribution is -2.23. The summed E-state index contributed by atoms with van der Waals surface area (Å²) in [5.41, 5.74) is -0.355. The van der Waals surface area contributed by atoms with Crippen LogP contribution < -0.4 is 5.56 Å². The standard InChI is InChI=1S/C16H14F3NO/c17-16(18,19)13-10-15(21)20(11-6-2-1-3-7-11)14-9-5-4-8-12(13)14/h4-6,8-10H,1-3,7H2. The predicted octanol–water partition coefficient (Wildman–Crippen LogP) is 4.44. The van der Waals surface area contributed by atoms with Gasteiger partial charge in [0.25, 0.3) is 5.56 Å². The zero-order valence-electron chi connectivity index (χ0n) is 11.3. The summed E-state index contributed by atoms with van der Waals surface area (Å²) in [5, 5.41) is 0.0658. The molecular weight excluding hydrogens is 279 g/mol. The Labute approximate surface area is 119 Å². The zero-order chi connectivity index (χ0) is 15.0. The van der Waals surface area contributed by atoms with Crippen molar-refractivity contribution in [1.29, 1.82) is 0 Å². The average Bonchev–Trinajstić information content (AvgIpc) is 2.46. The van der Waals surface area contributed by atoms with Crippen LogP contribution in [-0.2, 0) is 6.18 Å². The van der Waals surface area contributed by atoms with Gasteiger partial charge in [-0.25, -0.2) is 0 Å². The van der Waals surface area contributed by atoms with Gasteiger partial charge in [-0.05, 0) is 31.7 Å². The third-order valence-corrected chi connectivity index (χ3v) is 3.78. The van der Waals surface area contributed by atoms with Crippen molar-refractivity contribution >= 4 is 16.6 Å². The zero-order valence-corrected chi connectivity index (χ0v) is 11.3. The van der Waals surface area contributed by atoms with Crippen LogP contribution >= 0.6 is 0 Å². The fourth-order valence-corrected chi connectivity index (χ4v) is 2.84. The van der Waals surface area contributed by atoms with E-state index >= 15 is 0 Å². The van der Waals surface area contributed by atoms with Gasteiger partial charge in [0.2, 0.25) is 0 Å². The highest BCUT2D eigenvalue weighted by atomic mass is 19.4. The minimum Gasteiger partial charge on any atom is -0.281 e. The SMILES string of the molecule is O=c1cc(C(F)(F)F)c2ccccc2n1C1=CCCCC1. The number of nitrogens with zero attached hydrogens (tertiary/aromatic N) is 1. The average molecular weight is 293 g/mol. The van der Waals surface area contributed by atoms with Crippen molar-refractivity contribution in [2.45, 2.75) is 31.9 Å². The summed E-state index contributed by atoms with van der Waals surface area (Å²) in [6, 6.07) is 6.90. The maximum Gasteiger partial charge on any atom is 0.417 e. The van der Waals surface area contributed by atoms with Crippen molar-refractivity contribution in [2.75, 3.05) is 0 Å². The number of alkyl halides is 3. The summed E-state index contributed by atoms with van der Waals surface area (Å²) < 4.78 is 40.7. The molecule has 0 aliphatic heterocycles. The molecule has 3 rings (SSSR count). The van der Waals surface area contributed by atoms with E-state index in [0.29, 0.717) is 11.6 Å². The summed E-state index contributed by atoms with van der Waals surface area (Å²) in [6.07, 6.45) is 1.00. The van der Waals surface area contributed by atoms with Gasteiger partial charge in [-0.2, -0.15) is 13.2 Å². The van der Waals surface area contributed by atoms with Crippen molar-refractivity contribution in [3.63, 3.8) is 0 Å². The second-order valence-electron chi connectivity index (χ2n) is 5.19. The fraction of sp³-hybridized carbons (Fsp3) is 0.312. The molecule has 1 aromatic carbocycles. The Balaban J connectivity index is 2.35. The second kappa shape index (κ2) is 5.06. The molecule has 1 heterocycles. The van der Waals surface area contributed by atoms with E-state index in [9.17, 15) is 18.0 Å². The minimum absolute atomic E-state index is 0.0658. The first-order valence-corrected chi connectivity index (χ1v) is 6.90. The van der Waals surface area contributed by atoms with Crippen LogP contribution in [0, 0.1) is 0 Å². The lowest BCUT2D eigenvalue weighted by molar-refractivity contribution is -0.136. The third kappa shape index (κ3) is 2.48. The van der Waals surface area contributed by atoms with Crippen molar-refractivity contribution < 1.29 is 13.2 Å². The Bertz CT molecular complexity index is 771. The lowest BCUT2D eigenvalue weighted by Gasteiger charge is -2.19. The number of fused-ring (bicyclic) bond motifs is 1. The molecular formula is C16H14F3NO. The lowest BCUT2D eigenvalue weighted by atomic mass is 10.0. The van der Waals surface area contributed by atoms with Crippen LogP contribution in [0.1, 0.15) is 31.2 Å². The molecule has 0 atom stereocenters. The molecule has 21 heavy (non-hydrogen) atoms. The molecule has 110 valence electrons. The molecule has 0 spiro atoms. The quantitative estimate of drug-likeness (QED) is 0.762. The number of rotatable bonds is 1. The molecule has 2 aromatic rings. The molecule has 1 aliphatic carbocycles. The largest absolute Gasteiger partial charge is 0.417 e. The van der Waals surface area contributed by atoms with E-state index in [4.69, 9.17) is 0 Å². The van der Waals surface area contributed by atoms with Gasteiger partial charge in [-0.15, -0.1) is 0 Å².